The highest BCUT2D eigenvalue weighted by atomic mass is 19.4. The van der Waals surface area contributed by atoms with Crippen LogP contribution in [0.4, 0.5) is 19.0 Å². The minimum absolute atomic E-state index is 0. The molecular weight excluding hydrogens is 429 g/mol. The van der Waals surface area contributed by atoms with Crippen molar-refractivity contribution in [1.29, 1.82) is 0 Å². The Labute approximate surface area is 186 Å². The van der Waals surface area contributed by atoms with E-state index in [9.17, 15) is 18.0 Å². The van der Waals surface area contributed by atoms with Gasteiger partial charge in [-0.2, -0.15) is 18.2 Å². The van der Waals surface area contributed by atoms with Crippen molar-refractivity contribution in [1.82, 2.24) is 15.3 Å². The molecule has 0 saturated heterocycles. The van der Waals surface area contributed by atoms with Crippen LogP contribution in [-0.4, -0.2) is 49.1 Å². The number of alkyl halides is 3. The van der Waals surface area contributed by atoms with E-state index < -0.39 is 18.7 Å². The summed E-state index contributed by atoms with van der Waals surface area (Å²) in [7, 11) is 1.27. The summed E-state index contributed by atoms with van der Waals surface area (Å²) >= 11 is 0. The molecule has 2 N–H and O–H groups in total. The van der Waals surface area contributed by atoms with Crippen molar-refractivity contribution in [3.63, 3.8) is 0 Å². The van der Waals surface area contributed by atoms with E-state index >= 15 is 0 Å². The highest BCUT2D eigenvalue weighted by Gasteiger charge is 2.29. The Balaban J connectivity index is 0.00000265. The van der Waals surface area contributed by atoms with E-state index in [1.807, 2.05) is 19.8 Å². The first-order valence-corrected chi connectivity index (χ1v) is 9.79. The van der Waals surface area contributed by atoms with Gasteiger partial charge in [0.15, 0.2) is 6.61 Å². The third-order valence-electron chi connectivity index (χ3n) is 4.56. The molecule has 2 aromatic rings. The van der Waals surface area contributed by atoms with E-state index in [1.165, 1.54) is 32.1 Å². The van der Waals surface area contributed by atoms with Gasteiger partial charge in [-0.3, -0.25) is 4.79 Å². The zero-order valence-corrected chi connectivity index (χ0v) is 17.7. The third-order valence-corrected chi connectivity index (χ3v) is 4.56. The van der Waals surface area contributed by atoms with E-state index in [0.29, 0.717) is 5.92 Å². The number of halogens is 3. The van der Waals surface area contributed by atoms with Crippen molar-refractivity contribution in [2.75, 3.05) is 25.6 Å². The number of hydrogen-bond acceptors (Lipinski definition) is 7. The molecule has 1 atom stereocenters. The molecule has 1 saturated carbocycles. The average Bonchev–Trinajstić information content (AvgIpc) is 3.61. The largest absolute Gasteiger partial charge is 0.480 e. The Morgan fingerprint density at radius 2 is 2.03 bits per heavy atom. The number of hydrogen-bond donors (Lipinski definition) is 2. The number of anilines is 1. The Hall–Kier alpha value is -3.37. The monoisotopic (exact) mass is 458 g/mol. The molecule has 3 rings (SSSR count). The summed E-state index contributed by atoms with van der Waals surface area (Å²) in [5, 5.41) is 6.12. The summed E-state index contributed by atoms with van der Waals surface area (Å²) in [6.45, 7) is 3.21. The number of aromatic nitrogens is 2. The predicted molar refractivity (Wildman–Crippen MR) is 115 cm³/mol. The molecule has 2 aromatic heterocycles. The van der Waals surface area contributed by atoms with E-state index in [-0.39, 0.29) is 26.2 Å². The van der Waals surface area contributed by atoms with E-state index in [4.69, 9.17) is 9.53 Å². The molecule has 1 fully saturated rings. The van der Waals surface area contributed by atoms with Gasteiger partial charge in [-0.15, -0.1) is 0 Å². The smallest absolute Gasteiger partial charge is 0.422 e. The molecule has 0 radical (unpaired) electrons. The van der Waals surface area contributed by atoms with Crippen LogP contribution in [0.3, 0.4) is 0 Å². The maximum Gasteiger partial charge on any atom is 0.422 e. The molecule has 1 aliphatic carbocycles. The van der Waals surface area contributed by atoms with Crippen LogP contribution in [0.15, 0.2) is 30.5 Å². The maximum absolute atomic E-state index is 12.7. The van der Waals surface area contributed by atoms with Crippen molar-refractivity contribution in [3.8, 4) is 11.8 Å². The van der Waals surface area contributed by atoms with E-state index in [1.54, 1.807) is 12.3 Å². The van der Waals surface area contributed by atoms with Crippen molar-refractivity contribution in [2.45, 2.75) is 32.0 Å². The van der Waals surface area contributed by atoms with Gasteiger partial charge in [0.25, 0.3) is 5.91 Å². The normalized spacial score (nSPS) is 13.9. The zero-order chi connectivity index (χ0) is 23.7. The number of nitrogens with one attached hydrogen (secondary N) is 2. The number of carbonyl (C=O) groups excluding carboxylic acids is 2. The summed E-state index contributed by atoms with van der Waals surface area (Å²) in [5.41, 5.74) is 0.943. The van der Waals surface area contributed by atoms with Crippen molar-refractivity contribution in [3.05, 3.63) is 41.6 Å². The van der Waals surface area contributed by atoms with Crippen LogP contribution in [0.5, 0.6) is 11.8 Å². The quantitative estimate of drug-likeness (QED) is 0.585. The first kappa shape index (κ1) is 24.9. The Bertz CT molecular complexity index is 918. The van der Waals surface area contributed by atoms with Gasteiger partial charge in [0.05, 0.1) is 13.2 Å². The number of nitrogens with zero attached hydrogens (tertiary/aromatic N) is 2. The fraction of sp³-hybridized carbons (Fsp3) is 0.429. The fourth-order valence-corrected chi connectivity index (χ4v) is 2.73. The predicted octanol–water partition coefficient (Wildman–Crippen LogP) is 4.05. The number of methoxy groups -OCH3 is 1. The van der Waals surface area contributed by atoms with Gasteiger partial charge >= 0.3 is 6.18 Å². The van der Waals surface area contributed by atoms with Crippen molar-refractivity contribution in [2.24, 2.45) is 5.92 Å². The second-order valence-electron chi connectivity index (χ2n) is 7.10. The maximum atomic E-state index is 12.7. The number of rotatable bonds is 9. The average molecular weight is 458 g/mol. The van der Waals surface area contributed by atoms with Crippen LogP contribution in [0.25, 0.3) is 0 Å². The van der Waals surface area contributed by atoms with Crippen molar-refractivity contribution < 1.29 is 35.1 Å². The number of carbonyl (C=O) groups is 2. The SMILES string of the molecule is C=O.COc1nc(OCC(F)(F)F)ccc1C(=O)NC(C)c1ccnc(NCC2CC2)c1.[HH].[HH]. The van der Waals surface area contributed by atoms with Gasteiger partial charge in [0.2, 0.25) is 11.8 Å². The molecule has 0 spiro atoms. The van der Waals surface area contributed by atoms with Crippen LogP contribution < -0.4 is 20.1 Å². The molecule has 1 unspecified atom stereocenters. The van der Waals surface area contributed by atoms with Gasteiger partial charge in [-0.05, 0) is 49.4 Å². The number of pyridine rings is 2. The Morgan fingerprint density at radius 3 is 2.66 bits per heavy atom. The molecule has 8 nitrogen and oxygen atoms in total. The second-order valence-corrected chi connectivity index (χ2v) is 7.10. The highest BCUT2D eigenvalue weighted by Crippen LogP contribution is 2.29. The molecule has 1 aliphatic rings. The third kappa shape index (κ3) is 7.71. The molecule has 1 amide bonds. The van der Waals surface area contributed by atoms with E-state index in [0.717, 1.165) is 17.9 Å². The summed E-state index contributed by atoms with van der Waals surface area (Å²) < 4.78 is 46.5. The highest BCUT2D eigenvalue weighted by molar-refractivity contribution is 5.96. The lowest BCUT2D eigenvalue weighted by Crippen LogP contribution is -2.27. The Morgan fingerprint density at radius 1 is 1.31 bits per heavy atom. The molecule has 0 aliphatic heterocycles. The second kappa shape index (κ2) is 11.3. The molecular formula is C21H29F3N4O4. The summed E-state index contributed by atoms with van der Waals surface area (Å²) in [6.07, 6.45) is -0.358. The molecule has 11 heteroatoms. The van der Waals surface area contributed by atoms with Gasteiger partial charge in [-0.25, -0.2) is 4.98 Å². The summed E-state index contributed by atoms with van der Waals surface area (Å²) in [5.74, 6) is 0.565. The van der Waals surface area contributed by atoms with Crippen LogP contribution in [0, 0.1) is 5.92 Å². The first-order valence-electron chi connectivity index (χ1n) is 9.79. The number of ether oxygens (including phenoxy) is 2. The van der Waals surface area contributed by atoms with Crippen LogP contribution in [-0.2, 0) is 4.79 Å². The van der Waals surface area contributed by atoms with Crippen LogP contribution in [0.1, 0.15) is 44.6 Å². The van der Waals surface area contributed by atoms with Gasteiger partial charge < -0.3 is 24.9 Å². The van der Waals surface area contributed by atoms with Gasteiger partial charge in [-0.1, -0.05) is 0 Å². The van der Waals surface area contributed by atoms with Gasteiger partial charge in [0, 0.05) is 21.7 Å². The first-order chi connectivity index (χ1) is 15.2. The summed E-state index contributed by atoms with van der Waals surface area (Å²) in [6, 6.07) is 5.84. The van der Waals surface area contributed by atoms with E-state index in [2.05, 4.69) is 25.3 Å². The van der Waals surface area contributed by atoms with Crippen LogP contribution >= 0.6 is 0 Å². The number of amides is 1. The molecule has 32 heavy (non-hydrogen) atoms. The minimum atomic E-state index is -4.49. The molecule has 0 bridgehead atoms. The summed E-state index contributed by atoms with van der Waals surface area (Å²) in [4.78, 5) is 28.8. The molecule has 2 heterocycles. The fourth-order valence-electron chi connectivity index (χ4n) is 2.73. The zero-order valence-electron chi connectivity index (χ0n) is 17.7. The van der Waals surface area contributed by atoms with Gasteiger partial charge in [0.1, 0.15) is 18.2 Å². The standard InChI is InChI=1S/C20H23F3N4O3.CH2O.2H2/c1-12(14-7-8-24-16(9-14)25-10-13-3-4-13)26-18(28)15-5-6-17(27-19(15)29-2)30-11-20(21,22)23;1-2;;/h5-9,12-13H,3-4,10-11H2,1-2H3,(H,24,25)(H,26,28);1H2;2*1H. The topological polar surface area (TPSA) is 102 Å². The lowest BCUT2D eigenvalue weighted by molar-refractivity contribution is -0.154. The lowest BCUT2D eigenvalue weighted by atomic mass is 10.1. The molecule has 178 valence electrons. The molecule has 0 aromatic carbocycles. The Kier molecular flexibility index (Phi) is 8.80. The van der Waals surface area contributed by atoms with Crippen LogP contribution in [0.2, 0.25) is 0 Å². The minimum Gasteiger partial charge on any atom is -0.480 e. The lowest BCUT2D eigenvalue weighted by Gasteiger charge is -2.17. The van der Waals surface area contributed by atoms with Crippen molar-refractivity contribution >= 4 is 18.5 Å².